The summed E-state index contributed by atoms with van der Waals surface area (Å²) >= 11 is 0. The number of hydrogen-bond donors (Lipinski definition) is 2. The van der Waals surface area contributed by atoms with Crippen LogP contribution in [0.25, 0.3) is 0 Å². The number of ether oxygens (including phenoxy) is 2. The van der Waals surface area contributed by atoms with Gasteiger partial charge < -0.3 is 20.1 Å². The first-order chi connectivity index (χ1) is 13.2. The molecule has 0 unspecified atom stereocenters. The van der Waals surface area contributed by atoms with Gasteiger partial charge in [-0.15, -0.1) is 0 Å². The predicted molar refractivity (Wildman–Crippen MR) is 108 cm³/mol. The zero-order valence-electron chi connectivity index (χ0n) is 16.2. The Morgan fingerprint density at radius 1 is 1.04 bits per heavy atom. The minimum absolute atomic E-state index is 0.762. The van der Waals surface area contributed by atoms with Gasteiger partial charge in [0.15, 0.2) is 0 Å². The van der Waals surface area contributed by atoms with Gasteiger partial charge in [0.05, 0.1) is 20.3 Å². The van der Waals surface area contributed by atoms with Gasteiger partial charge in [0.25, 0.3) is 0 Å². The van der Waals surface area contributed by atoms with E-state index in [1.165, 1.54) is 5.56 Å². The maximum absolute atomic E-state index is 5.38. The normalized spacial score (nSPS) is 14.7. The van der Waals surface area contributed by atoms with Gasteiger partial charge in [-0.2, -0.15) is 0 Å². The maximum atomic E-state index is 5.38. The summed E-state index contributed by atoms with van der Waals surface area (Å²) in [6.45, 7) is 8.25. The molecule has 1 aromatic carbocycles. The SMILES string of the molecule is COc1ccc(CCNc2cc(NCCN3CCOCC3)nc(C)n2)cc1. The summed E-state index contributed by atoms with van der Waals surface area (Å²) < 4.78 is 10.6. The molecule has 146 valence electrons. The van der Waals surface area contributed by atoms with Crippen molar-refractivity contribution in [3.8, 4) is 5.75 Å². The molecule has 1 aromatic heterocycles. The van der Waals surface area contributed by atoms with Crippen LogP contribution in [0.5, 0.6) is 5.75 Å². The van der Waals surface area contributed by atoms with Crippen molar-refractivity contribution in [2.24, 2.45) is 0 Å². The van der Waals surface area contributed by atoms with E-state index in [1.54, 1.807) is 7.11 Å². The van der Waals surface area contributed by atoms with Gasteiger partial charge in [0, 0.05) is 38.8 Å². The zero-order chi connectivity index (χ0) is 18.9. The highest BCUT2D eigenvalue weighted by molar-refractivity contribution is 5.47. The Morgan fingerprint density at radius 2 is 1.70 bits per heavy atom. The minimum Gasteiger partial charge on any atom is -0.497 e. The van der Waals surface area contributed by atoms with Crippen LogP contribution in [0.2, 0.25) is 0 Å². The van der Waals surface area contributed by atoms with E-state index >= 15 is 0 Å². The summed E-state index contributed by atoms with van der Waals surface area (Å²) in [5.41, 5.74) is 1.26. The molecule has 0 saturated carbocycles. The molecule has 0 spiro atoms. The highest BCUT2D eigenvalue weighted by Gasteiger charge is 2.09. The van der Waals surface area contributed by atoms with Crippen molar-refractivity contribution in [3.63, 3.8) is 0 Å². The molecule has 1 aliphatic rings. The minimum atomic E-state index is 0.762. The van der Waals surface area contributed by atoms with Crippen LogP contribution in [-0.4, -0.2) is 67.9 Å². The molecule has 7 heteroatoms. The van der Waals surface area contributed by atoms with Gasteiger partial charge in [-0.25, -0.2) is 9.97 Å². The largest absolute Gasteiger partial charge is 0.497 e. The molecule has 0 amide bonds. The summed E-state index contributed by atoms with van der Waals surface area (Å²) in [6, 6.07) is 10.1. The van der Waals surface area contributed by atoms with E-state index in [2.05, 4.69) is 37.6 Å². The molecule has 0 aliphatic carbocycles. The van der Waals surface area contributed by atoms with Crippen LogP contribution in [0.1, 0.15) is 11.4 Å². The first-order valence-electron chi connectivity index (χ1n) is 9.49. The molecule has 1 aliphatic heterocycles. The Bertz CT molecular complexity index is 702. The summed E-state index contributed by atoms with van der Waals surface area (Å²) in [5.74, 6) is 3.36. The zero-order valence-corrected chi connectivity index (χ0v) is 16.2. The summed E-state index contributed by atoms with van der Waals surface area (Å²) in [5, 5.41) is 6.80. The number of methoxy groups -OCH3 is 1. The van der Waals surface area contributed by atoms with Crippen molar-refractivity contribution in [2.75, 3.05) is 63.7 Å². The molecule has 27 heavy (non-hydrogen) atoms. The topological polar surface area (TPSA) is 71.5 Å². The van der Waals surface area contributed by atoms with Gasteiger partial charge in [-0.1, -0.05) is 12.1 Å². The van der Waals surface area contributed by atoms with Crippen molar-refractivity contribution in [1.29, 1.82) is 0 Å². The lowest BCUT2D eigenvalue weighted by molar-refractivity contribution is 0.0398. The van der Waals surface area contributed by atoms with E-state index in [0.717, 1.165) is 75.6 Å². The van der Waals surface area contributed by atoms with Gasteiger partial charge in [0.1, 0.15) is 23.2 Å². The lowest BCUT2D eigenvalue weighted by Gasteiger charge is -2.26. The Labute approximate surface area is 161 Å². The van der Waals surface area contributed by atoms with E-state index < -0.39 is 0 Å². The Morgan fingerprint density at radius 3 is 2.37 bits per heavy atom. The number of aryl methyl sites for hydroxylation is 1. The van der Waals surface area contributed by atoms with Gasteiger partial charge >= 0.3 is 0 Å². The highest BCUT2D eigenvalue weighted by atomic mass is 16.5. The fraction of sp³-hybridized carbons (Fsp3) is 0.500. The van der Waals surface area contributed by atoms with E-state index in [-0.39, 0.29) is 0 Å². The molecule has 1 fully saturated rings. The quantitative estimate of drug-likeness (QED) is 0.700. The van der Waals surface area contributed by atoms with Crippen LogP contribution in [0.15, 0.2) is 30.3 Å². The smallest absolute Gasteiger partial charge is 0.131 e. The van der Waals surface area contributed by atoms with Crippen molar-refractivity contribution >= 4 is 11.6 Å². The fourth-order valence-corrected chi connectivity index (χ4v) is 3.04. The number of rotatable bonds is 9. The molecular formula is C20H29N5O2. The summed E-state index contributed by atoms with van der Waals surface area (Å²) in [4.78, 5) is 11.4. The van der Waals surface area contributed by atoms with Crippen LogP contribution >= 0.6 is 0 Å². The molecule has 2 heterocycles. The average molecular weight is 371 g/mol. The van der Waals surface area contributed by atoms with Gasteiger partial charge in [-0.3, -0.25) is 4.90 Å². The van der Waals surface area contributed by atoms with E-state index in [1.807, 2.05) is 25.1 Å². The lowest BCUT2D eigenvalue weighted by atomic mass is 10.1. The lowest BCUT2D eigenvalue weighted by Crippen LogP contribution is -2.39. The highest BCUT2D eigenvalue weighted by Crippen LogP contribution is 2.13. The molecular weight excluding hydrogens is 342 g/mol. The van der Waals surface area contributed by atoms with Crippen molar-refractivity contribution in [1.82, 2.24) is 14.9 Å². The predicted octanol–water partition coefficient (Wildman–Crippen LogP) is 2.19. The Kier molecular flexibility index (Phi) is 7.24. The second kappa shape index (κ2) is 10.1. The second-order valence-corrected chi connectivity index (χ2v) is 6.59. The van der Waals surface area contributed by atoms with Crippen molar-refractivity contribution < 1.29 is 9.47 Å². The van der Waals surface area contributed by atoms with Crippen molar-refractivity contribution in [3.05, 3.63) is 41.7 Å². The maximum Gasteiger partial charge on any atom is 0.131 e. The third-order valence-electron chi connectivity index (χ3n) is 4.55. The van der Waals surface area contributed by atoms with E-state index in [0.29, 0.717) is 0 Å². The molecule has 0 atom stereocenters. The number of aromatic nitrogens is 2. The number of nitrogens with one attached hydrogen (secondary N) is 2. The van der Waals surface area contributed by atoms with Gasteiger partial charge in [0.2, 0.25) is 0 Å². The number of nitrogens with zero attached hydrogens (tertiary/aromatic N) is 3. The fourth-order valence-electron chi connectivity index (χ4n) is 3.04. The Hall–Kier alpha value is -2.38. The molecule has 2 aromatic rings. The number of hydrogen-bond acceptors (Lipinski definition) is 7. The first-order valence-corrected chi connectivity index (χ1v) is 9.49. The number of benzene rings is 1. The number of anilines is 2. The first kappa shape index (κ1) is 19.4. The van der Waals surface area contributed by atoms with Crippen LogP contribution < -0.4 is 15.4 Å². The van der Waals surface area contributed by atoms with Crippen LogP contribution in [0.4, 0.5) is 11.6 Å². The molecule has 0 radical (unpaired) electrons. The van der Waals surface area contributed by atoms with E-state index in [4.69, 9.17) is 9.47 Å². The summed E-state index contributed by atoms with van der Waals surface area (Å²) in [6.07, 6.45) is 0.923. The van der Waals surface area contributed by atoms with Crippen LogP contribution in [0.3, 0.4) is 0 Å². The van der Waals surface area contributed by atoms with Crippen molar-refractivity contribution in [2.45, 2.75) is 13.3 Å². The standard InChI is InChI=1S/C20H29N5O2/c1-16-23-19(21-8-7-17-3-5-18(26-2)6-4-17)15-20(24-16)22-9-10-25-11-13-27-14-12-25/h3-6,15H,7-14H2,1-2H3,(H2,21,22,23,24). The Balaban J connectivity index is 1.45. The number of morpholine rings is 1. The summed E-state index contributed by atoms with van der Waals surface area (Å²) in [7, 11) is 1.68. The third-order valence-corrected chi connectivity index (χ3v) is 4.55. The average Bonchev–Trinajstić information content (AvgIpc) is 2.69. The second-order valence-electron chi connectivity index (χ2n) is 6.59. The van der Waals surface area contributed by atoms with Crippen LogP contribution in [-0.2, 0) is 11.2 Å². The molecule has 7 nitrogen and oxygen atoms in total. The molecule has 2 N–H and O–H groups in total. The van der Waals surface area contributed by atoms with Crippen LogP contribution in [0, 0.1) is 6.92 Å². The third kappa shape index (κ3) is 6.37. The molecule has 1 saturated heterocycles. The molecule has 3 rings (SSSR count). The van der Waals surface area contributed by atoms with Gasteiger partial charge in [-0.05, 0) is 31.0 Å². The van der Waals surface area contributed by atoms with E-state index in [9.17, 15) is 0 Å². The molecule has 0 bridgehead atoms. The monoisotopic (exact) mass is 371 g/mol.